The summed E-state index contributed by atoms with van der Waals surface area (Å²) in [6, 6.07) is 3.83. The third kappa shape index (κ3) is 3.15. The number of carbonyl (C=O) groups excluding carboxylic acids is 1. The third-order valence-electron chi connectivity index (χ3n) is 5.17. The van der Waals surface area contributed by atoms with E-state index in [0.29, 0.717) is 6.54 Å². The van der Waals surface area contributed by atoms with E-state index >= 15 is 0 Å². The summed E-state index contributed by atoms with van der Waals surface area (Å²) in [7, 11) is 0. The second-order valence-electron chi connectivity index (χ2n) is 7.04. The lowest BCUT2D eigenvalue weighted by Gasteiger charge is -2.27. The Bertz CT molecular complexity index is 801. The van der Waals surface area contributed by atoms with Crippen LogP contribution >= 0.6 is 0 Å². The number of amides is 1. The maximum atomic E-state index is 12.9. The minimum atomic E-state index is -0.161. The number of rotatable bonds is 5. The Morgan fingerprint density at radius 1 is 1.40 bits per heavy atom. The van der Waals surface area contributed by atoms with Crippen molar-refractivity contribution in [1.82, 2.24) is 19.2 Å². The fourth-order valence-corrected chi connectivity index (χ4v) is 3.69. The highest BCUT2D eigenvalue weighted by atomic mass is 16.3. The first kappa shape index (κ1) is 16.2. The van der Waals surface area contributed by atoms with Crippen LogP contribution in [-0.2, 0) is 24.3 Å². The maximum Gasteiger partial charge on any atom is 0.346 e. The topological polar surface area (TPSA) is 73.3 Å². The molecule has 134 valence electrons. The number of hydrogen-bond donors (Lipinski definition) is 0. The highest BCUT2D eigenvalue weighted by Crippen LogP contribution is 2.34. The van der Waals surface area contributed by atoms with Gasteiger partial charge in [-0.1, -0.05) is 6.42 Å². The van der Waals surface area contributed by atoms with Crippen molar-refractivity contribution in [3.63, 3.8) is 0 Å². The molecule has 0 aromatic carbocycles. The minimum absolute atomic E-state index is 0.000379. The molecule has 25 heavy (non-hydrogen) atoms. The van der Waals surface area contributed by atoms with Gasteiger partial charge in [-0.25, -0.2) is 9.48 Å². The Balaban J connectivity index is 1.55. The summed E-state index contributed by atoms with van der Waals surface area (Å²) in [6.45, 7) is 2.68. The number of hydrogen-bond acceptors (Lipinski definition) is 4. The van der Waals surface area contributed by atoms with E-state index in [1.165, 1.54) is 4.68 Å². The molecule has 2 aromatic rings. The Morgan fingerprint density at radius 3 is 2.96 bits per heavy atom. The summed E-state index contributed by atoms with van der Waals surface area (Å²) in [4.78, 5) is 27.4. The van der Waals surface area contributed by atoms with Crippen molar-refractivity contribution < 1.29 is 9.21 Å². The van der Waals surface area contributed by atoms with Crippen molar-refractivity contribution >= 4 is 5.91 Å². The molecular formula is C18H24N4O3. The van der Waals surface area contributed by atoms with Gasteiger partial charge in [-0.3, -0.25) is 9.36 Å². The average molecular weight is 344 g/mol. The quantitative estimate of drug-likeness (QED) is 0.833. The van der Waals surface area contributed by atoms with Gasteiger partial charge in [0, 0.05) is 19.0 Å². The molecule has 0 unspecified atom stereocenters. The van der Waals surface area contributed by atoms with Crippen LogP contribution in [0.4, 0.5) is 0 Å². The molecule has 2 aromatic heterocycles. The van der Waals surface area contributed by atoms with Crippen LogP contribution in [0.25, 0.3) is 0 Å². The van der Waals surface area contributed by atoms with Crippen molar-refractivity contribution in [3.8, 4) is 0 Å². The van der Waals surface area contributed by atoms with Gasteiger partial charge >= 0.3 is 5.69 Å². The van der Waals surface area contributed by atoms with Crippen LogP contribution in [-0.4, -0.2) is 31.2 Å². The molecule has 0 spiro atoms. The van der Waals surface area contributed by atoms with Crippen molar-refractivity contribution in [2.75, 3.05) is 0 Å². The minimum Gasteiger partial charge on any atom is -0.467 e. The zero-order chi connectivity index (χ0) is 17.4. The van der Waals surface area contributed by atoms with Gasteiger partial charge in [0.2, 0.25) is 5.91 Å². The highest BCUT2D eigenvalue weighted by Gasteiger charge is 2.37. The first-order valence-electron chi connectivity index (χ1n) is 9.16. The predicted octanol–water partition coefficient (Wildman–Crippen LogP) is 2.12. The number of aromatic nitrogens is 3. The zero-order valence-corrected chi connectivity index (χ0v) is 14.6. The van der Waals surface area contributed by atoms with Crippen LogP contribution in [0.5, 0.6) is 0 Å². The van der Waals surface area contributed by atoms with Crippen molar-refractivity contribution in [3.05, 3.63) is 40.5 Å². The van der Waals surface area contributed by atoms with Gasteiger partial charge in [-0.15, -0.1) is 0 Å². The van der Waals surface area contributed by atoms with Crippen LogP contribution in [0, 0.1) is 0 Å². The Labute approximate surface area is 146 Å². The number of carbonyl (C=O) groups is 1. The summed E-state index contributed by atoms with van der Waals surface area (Å²) in [6.07, 6.45) is 7.61. The standard InChI is InChI=1S/C18H24N4O3/c1-13(15-6-5-11-25-15)22(14-8-9-14)17(23)12-21-18(24)20-10-4-2-3-7-16(20)19-21/h5-6,11,13-14H,2-4,7-10,12H2,1H3/t13-/m1/s1. The smallest absolute Gasteiger partial charge is 0.346 e. The molecule has 0 bridgehead atoms. The van der Waals surface area contributed by atoms with Gasteiger partial charge in [0.05, 0.1) is 12.3 Å². The molecular weight excluding hydrogens is 320 g/mol. The second kappa shape index (κ2) is 6.54. The van der Waals surface area contributed by atoms with E-state index in [1.54, 1.807) is 10.8 Å². The molecule has 0 saturated heterocycles. The average Bonchev–Trinajstić information content (AvgIpc) is 3.25. The van der Waals surface area contributed by atoms with Crippen LogP contribution < -0.4 is 5.69 Å². The molecule has 1 saturated carbocycles. The molecule has 1 fully saturated rings. The van der Waals surface area contributed by atoms with Gasteiger partial charge < -0.3 is 9.32 Å². The Kier molecular flexibility index (Phi) is 4.23. The molecule has 4 rings (SSSR count). The molecule has 7 nitrogen and oxygen atoms in total. The van der Waals surface area contributed by atoms with Crippen molar-refractivity contribution in [1.29, 1.82) is 0 Å². The number of fused-ring (bicyclic) bond motifs is 1. The fourth-order valence-electron chi connectivity index (χ4n) is 3.69. The molecule has 1 aliphatic carbocycles. The third-order valence-corrected chi connectivity index (χ3v) is 5.17. The van der Waals surface area contributed by atoms with E-state index in [9.17, 15) is 9.59 Å². The fraction of sp³-hybridized carbons (Fsp3) is 0.611. The highest BCUT2D eigenvalue weighted by molar-refractivity contribution is 5.77. The van der Waals surface area contributed by atoms with Gasteiger partial charge in [0.1, 0.15) is 18.1 Å². The van der Waals surface area contributed by atoms with Crippen molar-refractivity contribution in [2.45, 2.75) is 70.6 Å². The molecule has 0 N–H and O–H groups in total. The zero-order valence-electron chi connectivity index (χ0n) is 14.6. The summed E-state index contributed by atoms with van der Waals surface area (Å²) in [5, 5.41) is 4.43. The van der Waals surface area contributed by atoms with E-state index in [0.717, 1.165) is 50.1 Å². The van der Waals surface area contributed by atoms with E-state index in [-0.39, 0.29) is 30.2 Å². The Morgan fingerprint density at radius 2 is 2.24 bits per heavy atom. The van der Waals surface area contributed by atoms with Gasteiger partial charge in [0.15, 0.2) is 0 Å². The SMILES string of the molecule is C[C@H](c1ccco1)N(C(=O)Cn1nc2n(c1=O)CCCCC2)C1CC1. The van der Waals surface area contributed by atoms with Gasteiger partial charge in [0.25, 0.3) is 0 Å². The van der Waals surface area contributed by atoms with E-state index < -0.39 is 0 Å². The molecule has 7 heteroatoms. The first-order chi connectivity index (χ1) is 12.1. The molecule has 3 heterocycles. The van der Waals surface area contributed by atoms with Crippen LogP contribution in [0.15, 0.2) is 27.6 Å². The summed E-state index contributed by atoms with van der Waals surface area (Å²) < 4.78 is 8.55. The van der Waals surface area contributed by atoms with Crippen LogP contribution in [0.1, 0.15) is 56.7 Å². The number of aryl methyl sites for hydroxylation is 1. The van der Waals surface area contributed by atoms with Crippen LogP contribution in [0.2, 0.25) is 0 Å². The molecule has 0 radical (unpaired) electrons. The number of nitrogens with zero attached hydrogens (tertiary/aromatic N) is 4. The Hall–Kier alpha value is -2.31. The lowest BCUT2D eigenvalue weighted by atomic mass is 10.2. The predicted molar refractivity (Wildman–Crippen MR) is 91.0 cm³/mol. The monoisotopic (exact) mass is 344 g/mol. The van der Waals surface area contributed by atoms with Gasteiger partial charge in [-0.2, -0.15) is 5.10 Å². The van der Waals surface area contributed by atoms with Crippen LogP contribution in [0.3, 0.4) is 0 Å². The number of furan rings is 1. The largest absolute Gasteiger partial charge is 0.467 e. The summed E-state index contributed by atoms with van der Waals surface area (Å²) in [5.41, 5.74) is -0.161. The molecule has 1 aliphatic heterocycles. The van der Waals surface area contributed by atoms with Gasteiger partial charge in [-0.05, 0) is 44.7 Å². The molecule has 1 atom stereocenters. The van der Waals surface area contributed by atoms with E-state index in [1.807, 2.05) is 24.0 Å². The van der Waals surface area contributed by atoms with E-state index in [2.05, 4.69) is 5.10 Å². The normalized spacial score (nSPS) is 18.4. The maximum absolute atomic E-state index is 12.9. The molecule has 1 amide bonds. The first-order valence-corrected chi connectivity index (χ1v) is 9.16. The second-order valence-corrected chi connectivity index (χ2v) is 7.04. The lowest BCUT2D eigenvalue weighted by molar-refractivity contribution is -0.135. The summed E-state index contributed by atoms with van der Waals surface area (Å²) in [5.74, 6) is 1.52. The molecule has 2 aliphatic rings. The summed E-state index contributed by atoms with van der Waals surface area (Å²) >= 11 is 0. The van der Waals surface area contributed by atoms with Crippen molar-refractivity contribution in [2.24, 2.45) is 0 Å². The van der Waals surface area contributed by atoms with E-state index in [4.69, 9.17) is 4.42 Å². The lowest BCUT2D eigenvalue weighted by Crippen LogP contribution is -2.40.